The van der Waals surface area contributed by atoms with Gasteiger partial charge in [-0.2, -0.15) is 0 Å². The molecule has 0 radical (unpaired) electrons. The van der Waals surface area contributed by atoms with Crippen molar-refractivity contribution in [1.29, 1.82) is 0 Å². The number of aromatic nitrogens is 2. The van der Waals surface area contributed by atoms with E-state index in [-0.39, 0.29) is 0 Å². The number of benzene rings is 1. The van der Waals surface area contributed by atoms with E-state index in [9.17, 15) is 0 Å². The second-order valence-electron chi connectivity index (χ2n) is 4.66. The first-order chi connectivity index (χ1) is 8.33. The zero-order chi connectivity index (χ0) is 11.7. The maximum atomic E-state index is 4.37. The third kappa shape index (κ3) is 2.27. The molecule has 0 unspecified atom stereocenters. The summed E-state index contributed by atoms with van der Waals surface area (Å²) in [4.78, 5) is 9.98. The van der Waals surface area contributed by atoms with E-state index in [2.05, 4.69) is 45.7 Å². The van der Waals surface area contributed by atoms with Gasteiger partial charge in [-0.05, 0) is 31.0 Å². The summed E-state index contributed by atoms with van der Waals surface area (Å²) >= 11 is 4.24. The SMILES string of the molecule is Sc1nc2cc(N3CCCCCC3)ccc2[nH]1. The minimum Gasteiger partial charge on any atom is -0.371 e. The molecule has 3 nitrogen and oxygen atoms in total. The van der Waals surface area contributed by atoms with E-state index in [0.29, 0.717) is 5.16 Å². The minimum absolute atomic E-state index is 0.688. The molecule has 1 fully saturated rings. The second kappa shape index (κ2) is 4.61. The van der Waals surface area contributed by atoms with Gasteiger partial charge in [-0.25, -0.2) is 4.98 Å². The molecule has 1 aliphatic heterocycles. The number of nitrogens with one attached hydrogen (secondary N) is 1. The van der Waals surface area contributed by atoms with Crippen molar-refractivity contribution in [3.8, 4) is 0 Å². The molecular formula is C13H17N3S. The summed E-state index contributed by atoms with van der Waals surface area (Å²) in [6.07, 6.45) is 5.33. The molecule has 0 bridgehead atoms. The number of thiol groups is 1. The van der Waals surface area contributed by atoms with E-state index in [1.807, 2.05) is 0 Å². The van der Waals surface area contributed by atoms with Gasteiger partial charge >= 0.3 is 0 Å². The molecular weight excluding hydrogens is 230 g/mol. The third-order valence-corrected chi connectivity index (χ3v) is 3.64. The van der Waals surface area contributed by atoms with Crippen molar-refractivity contribution < 1.29 is 0 Å². The van der Waals surface area contributed by atoms with Crippen molar-refractivity contribution in [2.24, 2.45) is 0 Å². The van der Waals surface area contributed by atoms with Crippen LogP contribution < -0.4 is 4.90 Å². The highest BCUT2D eigenvalue weighted by molar-refractivity contribution is 7.80. The predicted octanol–water partition coefficient (Wildman–Crippen LogP) is 3.23. The van der Waals surface area contributed by atoms with Crippen LogP contribution in [0.15, 0.2) is 23.4 Å². The van der Waals surface area contributed by atoms with E-state index in [1.54, 1.807) is 0 Å². The lowest BCUT2D eigenvalue weighted by Gasteiger charge is -2.22. The Morgan fingerprint density at radius 3 is 2.65 bits per heavy atom. The van der Waals surface area contributed by atoms with Crippen LogP contribution in [0.2, 0.25) is 0 Å². The molecule has 1 aromatic heterocycles. The number of nitrogens with zero attached hydrogens (tertiary/aromatic N) is 2. The van der Waals surface area contributed by atoms with Gasteiger partial charge in [0.25, 0.3) is 0 Å². The Kier molecular flexibility index (Phi) is 2.97. The Hall–Kier alpha value is -1.16. The summed E-state index contributed by atoms with van der Waals surface area (Å²) in [6.45, 7) is 2.34. The van der Waals surface area contributed by atoms with Gasteiger partial charge in [0.1, 0.15) is 0 Å². The van der Waals surface area contributed by atoms with Gasteiger partial charge in [0.2, 0.25) is 0 Å². The number of H-pyrrole nitrogens is 1. The van der Waals surface area contributed by atoms with Crippen LogP contribution >= 0.6 is 12.6 Å². The number of hydrogen-bond donors (Lipinski definition) is 2. The highest BCUT2D eigenvalue weighted by atomic mass is 32.1. The van der Waals surface area contributed by atoms with Crippen LogP contribution in [-0.2, 0) is 0 Å². The summed E-state index contributed by atoms with van der Waals surface area (Å²) < 4.78 is 0. The molecule has 1 saturated heterocycles. The maximum absolute atomic E-state index is 4.37. The van der Waals surface area contributed by atoms with E-state index < -0.39 is 0 Å². The monoisotopic (exact) mass is 247 g/mol. The van der Waals surface area contributed by atoms with Crippen LogP contribution in [0.25, 0.3) is 11.0 Å². The Morgan fingerprint density at radius 1 is 1.12 bits per heavy atom. The molecule has 4 heteroatoms. The molecule has 17 heavy (non-hydrogen) atoms. The molecule has 0 amide bonds. The van der Waals surface area contributed by atoms with Crippen LogP contribution in [0.4, 0.5) is 5.69 Å². The van der Waals surface area contributed by atoms with Crippen LogP contribution in [-0.4, -0.2) is 23.1 Å². The Morgan fingerprint density at radius 2 is 1.88 bits per heavy atom. The molecule has 0 saturated carbocycles. The van der Waals surface area contributed by atoms with E-state index in [4.69, 9.17) is 0 Å². The number of aromatic amines is 1. The Labute approximate surface area is 107 Å². The first kappa shape index (κ1) is 11.0. The first-order valence-corrected chi connectivity index (χ1v) is 6.71. The smallest absolute Gasteiger partial charge is 0.163 e. The van der Waals surface area contributed by atoms with Crippen LogP contribution in [0.5, 0.6) is 0 Å². The fraction of sp³-hybridized carbons (Fsp3) is 0.462. The summed E-state index contributed by atoms with van der Waals surface area (Å²) in [5.41, 5.74) is 3.37. The van der Waals surface area contributed by atoms with Gasteiger partial charge in [-0.1, -0.05) is 12.8 Å². The minimum atomic E-state index is 0.688. The Bertz CT molecular complexity index is 512. The first-order valence-electron chi connectivity index (χ1n) is 6.26. The Balaban J connectivity index is 1.93. The second-order valence-corrected chi connectivity index (χ2v) is 5.09. The molecule has 1 aromatic carbocycles. The average molecular weight is 247 g/mol. The lowest BCUT2D eigenvalue weighted by atomic mass is 10.2. The molecule has 0 atom stereocenters. The zero-order valence-corrected chi connectivity index (χ0v) is 10.7. The van der Waals surface area contributed by atoms with E-state index in [0.717, 1.165) is 11.0 Å². The van der Waals surface area contributed by atoms with Crippen molar-refractivity contribution in [2.45, 2.75) is 30.8 Å². The number of rotatable bonds is 1. The van der Waals surface area contributed by atoms with Crippen molar-refractivity contribution in [3.05, 3.63) is 18.2 Å². The topological polar surface area (TPSA) is 31.9 Å². The summed E-state index contributed by atoms with van der Waals surface area (Å²) in [7, 11) is 0. The molecule has 90 valence electrons. The largest absolute Gasteiger partial charge is 0.371 e. The molecule has 0 aliphatic carbocycles. The highest BCUT2D eigenvalue weighted by Crippen LogP contribution is 2.23. The van der Waals surface area contributed by atoms with E-state index in [1.165, 1.54) is 44.5 Å². The quantitative estimate of drug-likeness (QED) is 0.758. The van der Waals surface area contributed by atoms with Gasteiger partial charge in [0, 0.05) is 18.8 Å². The normalized spacial score (nSPS) is 17.4. The number of hydrogen-bond acceptors (Lipinski definition) is 3. The van der Waals surface area contributed by atoms with Crippen LogP contribution in [0, 0.1) is 0 Å². The lowest BCUT2D eigenvalue weighted by molar-refractivity contribution is 0.726. The third-order valence-electron chi connectivity index (χ3n) is 3.43. The highest BCUT2D eigenvalue weighted by Gasteiger charge is 2.11. The summed E-state index contributed by atoms with van der Waals surface area (Å²) in [5, 5.41) is 0.688. The summed E-state index contributed by atoms with van der Waals surface area (Å²) in [6, 6.07) is 6.44. The van der Waals surface area contributed by atoms with Gasteiger partial charge in [-0.3, -0.25) is 0 Å². The van der Waals surface area contributed by atoms with Crippen molar-refractivity contribution in [1.82, 2.24) is 9.97 Å². The standard InChI is InChI=1S/C13H17N3S/c17-13-14-11-6-5-10(9-12(11)15-13)16-7-3-1-2-4-8-16/h5-6,9H,1-4,7-8H2,(H2,14,15,17). The van der Waals surface area contributed by atoms with E-state index >= 15 is 0 Å². The van der Waals surface area contributed by atoms with Crippen molar-refractivity contribution in [3.63, 3.8) is 0 Å². The van der Waals surface area contributed by atoms with Gasteiger partial charge in [0.05, 0.1) is 11.0 Å². The van der Waals surface area contributed by atoms with Crippen LogP contribution in [0.3, 0.4) is 0 Å². The van der Waals surface area contributed by atoms with Gasteiger partial charge in [0.15, 0.2) is 5.16 Å². The summed E-state index contributed by atoms with van der Waals surface area (Å²) in [5.74, 6) is 0. The number of anilines is 1. The molecule has 1 aliphatic rings. The molecule has 2 heterocycles. The number of imidazole rings is 1. The predicted molar refractivity (Wildman–Crippen MR) is 74.0 cm³/mol. The molecule has 1 N–H and O–H groups in total. The fourth-order valence-electron chi connectivity index (χ4n) is 2.51. The molecule has 2 aromatic rings. The zero-order valence-electron chi connectivity index (χ0n) is 9.82. The molecule has 3 rings (SSSR count). The van der Waals surface area contributed by atoms with Gasteiger partial charge in [-0.15, -0.1) is 12.6 Å². The van der Waals surface area contributed by atoms with Crippen molar-refractivity contribution >= 4 is 29.3 Å². The van der Waals surface area contributed by atoms with Gasteiger partial charge < -0.3 is 9.88 Å². The molecule has 0 spiro atoms. The van der Waals surface area contributed by atoms with Crippen molar-refractivity contribution in [2.75, 3.05) is 18.0 Å². The fourth-order valence-corrected chi connectivity index (χ4v) is 2.73. The van der Waals surface area contributed by atoms with Crippen LogP contribution in [0.1, 0.15) is 25.7 Å². The maximum Gasteiger partial charge on any atom is 0.163 e. The average Bonchev–Trinajstić information content (AvgIpc) is 2.53. The number of fused-ring (bicyclic) bond motifs is 1. The lowest BCUT2D eigenvalue weighted by Crippen LogP contribution is -2.23.